The minimum Gasteiger partial charge on any atom is -0.508 e. The van der Waals surface area contributed by atoms with Crippen LogP contribution in [-0.4, -0.2) is 40.4 Å². The van der Waals surface area contributed by atoms with Gasteiger partial charge in [-0.25, -0.2) is 0 Å². The van der Waals surface area contributed by atoms with Crippen molar-refractivity contribution in [2.24, 2.45) is 5.73 Å². The normalized spacial score (nSPS) is 15.8. The van der Waals surface area contributed by atoms with Crippen LogP contribution in [-0.2, 0) is 35.4 Å². The summed E-state index contributed by atoms with van der Waals surface area (Å²) in [6.07, 6.45) is 2.52. The first kappa shape index (κ1) is 25.5. The molecule has 0 bridgehead atoms. The summed E-state index contributed by atoms with van der Waals surface area (Å²) < 4.78 is 0. The Morgan fingerprint density at radius 3 is 2.36 bits per heavy atom. The smallest absolute Gasteiger partial charge is 0.243 e. The van der Waals surface area contributed by atoms with E-state index in [0.717, 1.165) is 40.7 Å². The SMILES string of the molecule is Cc1cc(O)cc(C)c1CC(N)C(=O)N1Cc2ccccc2CC1C(=O)NCCCc1ccccc1. The van der Waals surface area contributed by atoms with Crippen molar-refractivity contribution in [3.63, 3.8) is 0 Å². The molecule has 4 rings (SSSR count). The van der Waals surface area contributed by atoms with Crippen LogP contribution in [0.2, 0.25) is 0 Å². The van der Waals surface area contributed by atoms with Gasteiger partial charge in [0.1, 0.15) is 11.8 Å². The van der Waals surface area contributed by atoms with E-state index in [1.54, 1.807) is 17.0 Å². The van der Waals surface area contributed by atoms with Crippen LogP contribution in [0.5, 0.6) is 5.75 Å². The third-order valence-electron chi connectivity index (χ3n) is 7.04. The van der Waals surface area contributed by atoms with Crippen LogP contribution >= 0.6 is 0 Å². The van der Waals surface area contributed by atoms with Gasteiger partial charge in [-0.05, 0) is 78.6 Å². The standard InChI is InChI=1S/C30H35N3O3/c1-20-15-25(34)16-21(2)26(20)18-27(31)30(36)33-19-24-13-7-6-12-23(24)17-28(33)29(35)32-14-8-11-22-9-4-3-5-10-22/h3-7,9-10,12-13,15-16,27-28,34H,8,11,14,17-19,31H2,1-2H3,(H,32,35). The van der Waals surface area contributed by atoms with E-state index in [-0.39, 0.29) is 17.6 Å². The van der Waals surface area contributed by atoms with Crippen LogP contribution in [0, 0.1) is 13.8 Å². The van der Waals surface area contributed by atoms with Gasteiger partial charge in [0.05, 0.1) is 6.04 Å². The highest BCUT2D eigenvalue weighted by Gasteiger charge is 2.36. The number of aromatic hydroxyl groups is 1. The summed E-state index contributed by atoms with van der Waals surface area (Å²) >= 11 is 0. The Kier molecular flexibility index (Phi) is 8.06. The number of nitrogens with one attached hydrogen (secondary N) is 1. The summed E-state index contributed by atoms with van der Waals surface area (Å²) in [7, 11) is 0. The number of hydrogen-bond donors (Lipinski definition) is 3. The third-order valence-corrected chi connectivity index (χ3v) is 7.04. The van der Waals surface area contributed by atoms with Crippen molar-refractivity contribution in [1.82, 2.24) is 10.2 Å². The van der Waals surface area contributed by atoms with E-state index in [1.165, 1.54) is 5.56 Å². The maximum atomic E-state index is 13.6. The van der Waals surface area contributed by atoms with Crippen LogP contribution in [0.4, 0.5) is 0 Å². The number of phenolic OH excluding ortho intramolecular Hbond substituents is 1. The van der Waals surface area contributed by atoms with Crippen LogP contribution < -0.4 is 11.1 Å². The van der Waals surface area contributed by atoms with Gasteiger partial charge < -0.3 is 21.1 Å². The zero-order chi connectivity index (χ0) is 25.7. The van der Waals surface area contributed by atoms with E-state index >= 15 is 0 Å². The van der Waals surface area contributed by atoms with Gasteiger partial charge in [0.15, 0.2) is 0 Å². The molecule has 2 amide bonds. The van der Waals surface area contributed by atoms with Gasteiger partial charge in [0, 0.05) is 19.5 Å². The van der Waals surface area contributed by atoms with Gasteiger partial charge >= 0.3 is 0 Å². The molecule has 0 spiro atoms. The Hall–Kier alpha value is -3.64. The summed E-state index contributed by atoms with van der Waals surface area (Å²) in [5.41, 5.74) is 12.6. The number of nitrogens with two attached hydrogens (primary N) is 1. The zero-order valence-electron chi connectivity index (χ0n) is 21.0. The van der Waals surface area contributed by atoms with Gasteiger partial charge in [-0.15, -0.1) is 0 Å². The molecule has 188 valence electrons. The Labute approximate surface area is 213 Å². The van der Waals surface area contributed by atoms with E-state index in [2.05, 4.69) is 17.4 Å². The van der Waals surface area contributed by atoms with Crippen molar-refractivity contribution >= 4 is 11.8 Å². The third kappa shape index (κ3) is 5.94. The number of rotatable bonds is 8. The Balaban J connectivity index is 1.46. The molecule has 6 heteroatoms. The minimum atomic E-state index is -0.786. The number of phenols is 1. The number of carbonyl (C=O) groups is 2. The molecule has 36 heavy (non-hydrogen) atoms. The average Bonchev–Trinajstić information content (AvgIpc) is 2.87. The molecule has 0 radical (unpaired) electrons. The molecule has 2 atom stereocenters. The molecule has 6 nitrogen and oxygen atoms in total. The molecule has 0 saturated heterocycles. The lowest BCUT2D eigenvalue weighted by atomic mass is 9.91. The number of aryl methyl sites for hydroxylation is 3. The van der Waals surface area contributed by atoms with Crippen molar-refractivity contribution in [3.8, 4) is 5.75 Å². The lowest BCUT2D eigenvalue weighted by Gasteiger charge is -2.37. The quantitative estimate of drug-likeness (QED) is 0.425. The second kappa shape index (κ2) is 11.4. The molecule has 4 N–H and O–H groups in total. The fraction of sp³-hybridized carbons (Fsp3) is 0.333. The van der Waals surface area contributed by atoms with E-state index in [4.69, 9.17) is 5.73 Å². The summed E-state index contributed by atoms with van der Waals surface area (Å²) in [6.45, 7) is 4.72. The first-order valence-corrected chi connectivity index (χ1v) is 12.6. The van der Waals surface area contributed by atoms with E-state index in [0.29, 0.717) is 25.9 Å². The second-order valence-electron chi connectivity index (χ2n) is 9.70. The maximum absolute atomic E-state index is 13.6. The van der Waals surface area contributed by atoms with Crippen LogP contribution in [0.3, 0.4) is 0 Å². The number of amides is 2. The lowest BCUT2D eigenvalue weighted by molar-refractivity contribution is -0.142. The Morgan fingerprint density at radius 1 is 1.03 bits per heavy atom. The topological polar surface area (TPSA) is 95.7 Å². The van der Waals surface area contributed by atoms with E-state index in [9.17, 15) is 14.7 Å². The molecule has 0 fully saturated rings. The molecule has 0 aromatic heterocycles. The molecule has 1 aliphatic rings. The molecular formula is C30H35N3O3. The first-order valence-electron chi connectivity index (χ1n) is 12.6. The van der Waals surface area contributed by atoms with Crippen molar-refractivity contribution < 1.29 is 14.7 Å². The Morgan fingerprint density at radius 2 is 1.67 bits per heavy atom. The molecule has 0 aliphatic carbocycles. The molecule has 2 unspecified atom stereocenters. The van der Waals surface area contributed by atoms with Crippen LogP contribution in [0.25, 0.3) is 0 Å². The predicted molar refractivity (Wildman–Crippen MR) is 142 cm³/mol. The fourth-order valence-corrected chi connectivity index (χ4v) is 5.07. The van der Waals surface area contributed by atoms with Crippen LogP contribution in [0.1, 0.15) is 39.8 Å². The van der Waals surface area contributed by atoms with Gasteiger partial charge in [-0.2, -0.15) is 0 Å². The molecular weight excluding hydrogens is 450 g/mol. The molecule has 0 saturated carbocycles. The highest BCUT2D eigenvalue weighted by atomic mass is 16.3. The summed E-state index contributed by atoms with van der Waals surface area (Å²) in [4.78, 5) is 28.5. The Bertz CT molecular complexity index is 1200. The van der Waals surface area contributed by atoms with Gasteiger partial charge in [-0.1, -0.05) is 54.6 Å². The van der Waals surface area contributed by atoms with E-state index in [1.807, 2.05) is 56.3 Å². The number of carbonyl (C=O) groups excluding carboxylic acids is 2. The lowest BCUT2D eigenvalue weighted by Crippen LogP contribution is -2.56. The highest BCUT2D eigenvalue weighted by molar-refractivity contribution is 5.90. The summed E-state index contributed by atoms with van der Waals surface area (Å²) in [6, 6.07) is 20.1. The van der Waals surface area contributed by atoms with Crippen molar-refractivity contribution in [2.45, 2.75) is 58.2 Å². The summed E-state index contributed by atoms with van der Waals surface area (Å²) in [5, 5.41) is 12.9. The molecule has 1 heterocycles. The number of benzene rings is 3. The van der Waals surface area contributed by atoms with Gasteiger partial charge in [0.2, 0.25) is 11.8 Å². The number of hydrogen-bond acceptors (Lipinski definition) is 4. The fourth-order valence-electron chi connectivity index (χ4n) is 5.07. The second-order valence-corrected chi connectivity index (χ2v) is 9.70. The van der Waals surface area contributed by atoms with E-state index < -0.39 is 12.1 Å². The molecule has 3 aromatic carbocycles. The van der Waals surface area contributed by atoms with Crippen molar-refractivity contribution in [1.29, 1.82) is 0 Å². The van der Waals surface area contributed by atoms with Gasteiger partial charge in [-0.3, -0.25) is 9.59 Å². The molecule has 1 aliphatic heterocycles. The zero-order valence-corrected chi connectivity index (χ0v) is 21.0. The highest BCUT2D eigenvalue weighted by Crippen LogP contribution is 2.26. The number of nitrogens with zero attached hydrogens (tertiary/aromatic N) is 1. The monoisotopic (exact) mass is 485 g/mol. The largest absolute Gasteiger partial charge is 0.508 e. The number of fused-ring (bicyclic) bond motifs is 1. The summed E-state index contributed by atoms with van der Waals surface area (Å²) in [5.74, 6) is -0.179. The molecule has 3 aromatic rings. The maximum Gasteiger partial charge on any atom is 0.243 e. The van der Waals surface area contributed by atoms with Crippen molar-refractivity contribution in [3.05, 3.63) is 100 Å². The minimum absolute atomic E-state index is 0.143. The van der Waals surface area contributed by atoms with Crippen LogP contribution in [0.15, 0.2) is 66.7 Å². The average molecular weight is 486 g/mol. The predicted octanol–water partition coefficient (Wildman–Crippen LogP) is 3.58. The van der Waals surface area contributed by atoms with Gasteiger partial charge in [0.25, 0.3) is 0 Å². The first-order chi connectivity index (χ1) is 17.3. The van der Waals surface area contributed by atoms with Crippen molar-refractivity contribution in [2.75, 3.05) is 6.54 Å².